The zero-order valence-electron chi connectivity index (χ0n) is 13.7. The molecule has 1 aromatic heterocycles. The van der Waals surface area contributed by atoms with Crippen LogP contribution in [-0.2, 0) is 0 Å². The Morgan fingerprint density at radius 2 is 1.81 bits per heavy atom. The lowest BCUT2D eigenvalue weighted by Crippen LogP contribution is -2.14. The molecule has 3 aromatic rings. The molecule has 26 heavy (non-hydrogen) atoms. The Bertz CT molecular complexity index is 935. The first-order valence-electron chi connectivity index (χ1n) is 7.54. The van der Waals surface area contributed by atoms with E-state index < -0.39 is 11.7 Å². The van der Waals surface area contributed by atoms with E-state index in [0.717, 1.165) is 11.4 Å². The summed E-state index contributed by atoms with van der Waals surface area (Å²) < 4.78 is 18.3. The van der Waals surface area contributed by atoms with Crippen LogP contribution in [0.2, 0.25) is 5.02 Å². The maximum Gasteiger partial charge on any atom is 0.274 e. The van der Waals surface area contributed by atoms with E-state index in [-0.39, 0.29) is 10.7 Å². The van der Waals surface area contributed by atoms with E-state index in [9.17, 15) is 9.18 Å². The van der Waals surface area contributed by atoms with Gasteiger partial charge in [-0.05, 0) is 42.5 Å². The molecule has 2 N–H and O–H groups in total. The first-order valence-corrected chi connectivity index (χ1v) is 7.92. The fraction of sp³-hybridized carbons (Fsp3) is 0.0556. The largest absolute Gasteiger partial charge is 0.497 e. The number of methoxy groups -OCH3 is 1. The van der Waals surface area contributed by atoms with Gasteiger partial charge >= 0.3 is 0 Å². The number of anilines is 3. The lowest BCUT2D eigenvalue weighted by atomic mass is 10.2. The van der Waals surface area contributed by atoms with Crippen molar-refractivity contribution in [3.05, 3.63) is 71.4 Å². The van der Waals surface area contributed by atoms with Crippen LogP contribution < -0.4 is 15.4 Å². The summed E-state index contributed by atoms with van der Waals surface area (Å²) in [6.45, 7) is 0. The molecule has 0 fully saturated rings. The third-order valence-corrected chi connectivity index (χ3v) is 3.73. The number of nitrogens with one attached hydrogen (secondary N) is 2. The molecule has 8 heteroatoms. The second kappa shape index (κ2) is 7.79. The van der Waals surface area contributed by atoms with Crippen LogP contribution in [0.4, 0.5) is 21.6 Å². The molecule has 0 aliphatic carbocycles. The van der Waals surface area contributed by atoms with E-state index in [2.05, 4.69) is 20.6 Å². The molecular formula is C18H14ClFN4O2. The maximum atomic E-state index is 13.2. The monoisotopic (exact) mass is 372 g/mol. The van der Waals surface area contributed by atoms with E-state index in [4.69, 9.17) is 16.3 Å². The molecule has 2 aromatic carbocycles. The van der Waals surface area contributed by atoms with Crippen LogP contribution in [0.1, 0.15) is 10.5 Å². The highest BCUT2D eigenvalue weighted by Crippen LogP contribution is 2.21. The van der Waals surface area contributed by atoms with E-state index in [1.54, 1.807) is 19.2 Å². The Balaban J connectivity index is 1.73. The highest BCUT2D eigenvalue weighted by atomic mass is 35.5. The summed E-state index contributed by atoms with van der Waals surface area (Å²) in [5.74, 6) is 0.161. The Morgan fingerprint density at radius 3 is 2.50 bits per heavy atom. The van der Waals surface area contributed by atoms with Gasteiger partial charge in [0.05, 0.1) is 12.1 Å². The van der Waals surface area contributed by atoms with Crippen LogP contribution >= 0.6 is 11.6 Å². The van der Waals surface area contributed by atoms with Crippen LogP contribution in [0.25, 0.3) is 0 Å². The normalized spacial score (nSPS) is 10.3. The lowest BCUT2D eigenvalue weighted by molar-refractivity contribution is 0.102. The van der Waals surface area contributed by atoms with Gasteiger partial charge in [0.15, 0.2) is 0 Å². The Kier molecular flexibility index (Phi) is 5.28. The molecule has 0 radical (unpaired) electrons. The second-order valence-corrected chi connectivity index (χ2v) is 5.63. The van der Waals surface area contributed by atoms with Crippen LogP contribution in [-0.4, -0.2) is 23.0 Å². The van der Waals surface area contributed by atoms with Crippen molar-refractivity contribution < 1.29 is 13.9 Å². The van der Waals surface area contributed by atoms with Crippen LogP contribution in [0, 0.1) is 5.82 Å². The molecular weight excluding hydrogens is 359 g/mol. The van der Waals surface area contributed by atoms with Gasteiger partial charge in [0.1, 0.15) is 29.4 Å². The van der Waals surface area contributed by atoms with Crippen molar-refractivity contribution in [2.75, 3.05) is 17.7 Å². The van der Waals surface area contributed by atoms with Crippen molar-refractivity contribution in [3.8, 4) is 5.75 Å². The zero-order chi connectivity index (χ0) is 18.5. The molecule has 0 aliphatic heterocycles. The smallest absolute Gasteiger partial charge is 0.274 e. The quantitative estimate of drug-likeness (QED) is 0.699. The lowest BCUT2D eigenvalue weighted by Gasteiger charge is -2.08. The fourth-order valence-electron chi connectivity index (χ4n) is 2.14. The number of benzene rings is 2. The van der Waals surface area contributed by atoms with Crippen molar-refractivity contribution >= 4 is 34.7 Å². The third-order valence-electron chi connectivity index (χ3n) is 3.44. The molecule has 0 saturated carbocycles. The number of nitrogens with zero attached hydrogens (tertiary/aromatic N) is 2. The third kappa shape index (κ3) is 4.25. The van der Waals surface area contributed by atoms with Gasteiger partial charge in [-0.3, -0.25) is 4.79 Å². The van der Waals surface area contributed by atoms with Gasteiger partial charge in [-0.25, -0.2) is 14.4 Å². The van der Waals surface area contributed by atoms with Gasteiger partial charge in [0.25, 0.3) is 5.91 Å². The summed E-state index contributed by atoms with van der Waals surface area (Å²) in [7, 11) is 1.59. The molecule has 0 unspecified atom stereocenters. The van der Waals surface area contributed by atoms with Crippen molar-refractivity contribution in [3.63, 3.8) is 0 Å². The first-order chi connectivity index (χ1) is 12.5. The Morgan fingerprint density at radius 1 is 1.08 bits per heavy atom. The molecule has 6 nitrogen and oxygen atoms in total. The van der Waals surface area contributed by atoms with E-state index in [1.165, 1.54) is 30.6 Å². The van der Waals surface area contributed by atoms with Gasteiger partial charge in [0, 0.05) is 17.4 Å². The highest BCUT2D eigenvalue weighted by Gasteiger charge is 2.11. The van der Waals surface area contributed by atoms with Crippen LogP contribution in [0.15, 0.2) is 54.9 Å². The summed E-state index contributed by atoms with van der Waals surface area (Å²) in [6.07, 6.45) is 1.28. The van der Waals surface area contributed by atoms with E-state index in [1.807, 2.05) is 12.1 Å². The number of amides is 1. The van der Waals surface area contributed by atoms with E-state index >= 15 is 0 Å². The fourth-order valence-corrected chi connectivity index (χ4v) is 2.32. The van der Waals surface area contributed by atoms with Crippen molar-refractivity contribution in [2.24, 2.45) is 0 Å². The second-order valence-electron chi connectivity index (χ2n) is 5.23. The summed E-state index contributed by atoms with van der Waals surface area (Å²) >= 11 is 5.71. The van der Waals surface area contributed by atoms with Gasteiger partial charge < -0.3 is 15.4 Å². The number of carbonyl (C=O) groups is 1. The number of carbonyl (C=O) groups excluding carboxylic acids is 1. The highest BCUT2D eigenvalue weighted by molar-refractivity contribution is 6.31. The van der Waals surface area contributed by atoms with Crippen LogP contribution in [0.5, 0.6) is 5.75 Å². The summed E-state index contributed by atoms with van der Waals surface area (Å²) in [5, 5.41) is 5.60. The molecule has 132 valence electrons. The van der Waals surface area contributed by atoms with Crippen molar-refractivity contribution in [2.45, 2.75) is 0 Å². The van der Waals surface area contributed by atoms with Crippen molar-refractivity contribution in [1.29, 1.82) is 0 Å². The number of hydrogen-bond acceptors (Lipinski definition) is 5. The number of rotatable bonds is 5. The molecule has 3 rings (SSSR count). The maximum absolute atomic E-state index is 13.2. The number of aromatic nitrogens is 2. The minimum absolute atomic E-state index is 0.0765. The SMILES string of the molecule is COc1ccc(Nc2cc(C(=O)Nc3ccc(F)c(Cl)c3)ncn2)cc1. The summed E-state index contributed by atoms with van der Waals surface area (Å²) in [4.78, 5) is 20.4. The van der Waals surface area contributed by atoms with Gasteiger partial charge in [-0.2, -0.15) is 0 Å². The number of halogens is 2. The Labute approximate surface area is 154 Å². The molecule has 1 amide bonds. The van der Waals surface area contributed by atoms with Crippen molar-refractivity contribution in [1.82, 2.24) is 9.97 Å². The number of ether oxygens (including phenoxy) is 1. The van der Waals surface area contributed by atoms with E-state index in [0.29, 0.717) is 11.5 Å². The van der Waals surface area contributed by atoms with Gasteiger partial charge in [-0.1, -0.05) is 11.6 Å². The summed E-state index contributed by atoms with van der Waals surface area (Å²) in [6, 6.07) is 12.7. The minimum atomic E-state index is -0.558. The average molecular weight is 373 g/mol. The Hall–Kier alpha value is -3.19. The zero-order valence-corrected chi connectivity index (χ0v) is 14.4. The minimum Gasteiger partial charge on any atom is -0.497 e. The summed E-state index contributed by atoms with van der Waals surface area (Å²) in [5.41, 5.74) is 1.29. The molecule has 1 heterocycles. The van der Waals surface area contributed by atoms with Gasteiger partial charge in [-0.15, -0.1) is 0 Å². The standard InChI is InChI=1S/C18H14ClFN4O2/c1-26-13-5-2-11(3-6-13)23-17-9-16(21-10-22-17)18(25)24-12-4-7-15(20)14(19)8-12/h2-10H,1H3,(H,24,25)(H,21,22,23). The van der Waals surface area contributed by atoms with Crippen LogP contribution in [0.3, 0.4) is 0 Å². The van der Waals surface area contributed by atoms with Gasteiger partial charge in [0.2, 0.25) is 0 Å². The average Bonchev–Trinajstić information content (AvgIpc) is 2.65. The predicted molar refractivity (Wildman–Crippen MR) is 97.7 cm³/mol. The molecule has 0 spiro atoms. The predicted octanol–water partition coefficient (Wildman–Crippen LogP) is 4.27. The number of hydrogen-bond donors (Lipinski definition) is 2. The molecule has 0 bridgehead atoms. The molecule has 0 aliphatic rings. The topological polar surface area (TPSA) is 76.1 Å². The molecule has 0 atom stereocenters. The molecule has 0 saturated heterocycles. The first kappa shape index (κ1) is 17.6.